The van der Waals surface area contributed by atoms with Crippen molar-refractivity contribution in [2.24, 2.45) is 5.73 Å². The van der Waals surface area contributed by atoms with Crippen molar-refractivity contribution in [1.29, 1.82) is 0 Å². The summed E-state index contributed by atoms with van der Waals surface area (Å²) < 4.78 is 0. The van der Waals surface area contributed by atoms with Gasteiger partial charge in [-0.3, -0.25) is 4.90 Å². The molecule has 3 N–H and O–H groups in total. The predicted molar refractivity (Wildman–Crippen MR) is 40.6 cm³/mol. The lowest BCUT2D eigenvalue weighted by atomic mass is 10.1. The fraction of sp³-hybridized carbons (Fsp3) is 1.00. The third kappa shape index (κ3) is 0.944. The van der Waals surface area contributed by atoms with E-state index in [2.05, 4.69) is 10.2 Å². The van der Waals surface area contributed by atoms with Crippen molar-refractivity contribution < 1.29 is 0 Å². The molecule has 3 nitrogen and oxygen atoms in total. The second-order valence-corrected chi connectivity index (χ2v) is 3.28. The van der Waals surface area contributed by atoms with Gasteiger partial charge < -0.3 is 11.1 Å². The number of hydrogen-bond donors (Lipinski definition) is 2. The zero-order valence-electron chi connectivity index (χ0n) is 6.21. The molecule has 0 aliphatic carbocycles. The van der Waals surface area contributed by atoms with E-state index in [1.807, 2.05) is 0 Å². The maximum absolute atomic E-state index is 5.92. The van der Waals surface area contributed by atoms with Crippen LogP contribution in [0.5, 0.6) is 0 Å². The van der Waals surface area contributed by atoms with Gasteiger partial charge in [0.05, 0.1) is 0 Å². The second kappa shape index (κ2) is 2.49. The van der Waals surface area contributed by atoms with Gasteiger partial charge in [0.2, 0.25) is 0 Å². The molecule has 0 amide bonds. The Morgan fingerprint density at radius 3 is 3.10 bits per heavy atom. The summed E-state index contributed by atoms with van der Waals surface area (Å²) in [5, 5.41) is 3.35. The minimum absolute atomic E-state index is 0.446. The molecule has 0 aromatic rings. The first kappa shape index (κ1) is 6.58. The summed E-state index contributed by atoms with van der Waals surface area (Å²) in [7, 11) is 0. The quantitative estimate of drug-likeness (QED) is 0.470. The van der Waals surface area contributed by atoms with Crippen LogP contribution in [0.1, 0.15) is 12.8 Å². The largest absolute Gasteiger partial charge is 0.326 e. The highest BCUT2D eigenvalue weighted by Gasteiger charge is 2.32. The monoisotopic (exact) mass is 141 g/mol. The number of nitrogens with one attached hydrogen (secondary N) is 1. The highest BCUT2D eigenvalue weighted by Crippen LogP contribution is 2.19. The van der Waals surface area contributed by atoms with Crippen molar-refractivity contribution in [3.8, 4) is 0 Å². The molecule has 0 bridgehead atoms. The Morgan fingerprint density at radius 2 is 2.30 bits per heavy atom. The van der Waals surface area contributed by atoms with Gasteiger partial charge in [0.1, 0.15) is 0 Å². The summed E-state index contributed by atoms with van der Waals surface area (Å²) in [5.41, 5.74) is 5.92. The summed E-state index contributed by atoms with van der Waals surface area (Å²) in [6, 6.07) is 1.13. The summed E-state index contributed by atoms with van der Waals surface area (Å²) >= 11 is 0. The van der Waals surface area contributed by atoms with Gasteiger partial charge in [-0.15, -0.1) is 0 Å². The molecule has 0 spiro atoms. The third-order valence-corrected chi connectivity index (χ3v) is 2.64. The van der Waals surface area contributed by atoms with Gasteiger partial charge in [-0.05, 0) is 19.4 Å². The van der Waals surface area contributed by atoms with Crippen LogP contribution in [0.15, 0.2) is 0 Å². The van der Waals surface area contributed by atoms with Crippen molar-refractivity contribution in [3.63, 3.8) is 0 Å². The molecule has 2 saturated heterocycles. The topological polar surface area (TPSA) is 41.3 Å². The van der Waals surface area contributed by atoms with Crippen molar-refractivity contribution >= 4 is 0 Å². The van der Waals surface area contributed by atoms with E-state index >= 15 is 0 Å². The highest BCUT2D eigenvalue weighted by atomic mass is 15.3. The van der Waals surface area contributed by atoms with E-state index in [0.717, 1.165) is 13.2 Å². The Kier molecular flexibility index (Phi) is 1.64. The molecule has 0 aromatic heterocycles. The number of rotatable bonds is 0. The molecule has 0 saturated carbocycles. The van der Waals surface area contributed by atoms with Gasteiger partial charge in [-0.1, -0.05) is 0 Å². The lowest BCUT2D eigenvalue weighted by Gasteiger charge is -2.31. The first-order valence-electron chi connectivity index (χ1n) is 4.08. The van der Waals surface area contributed by atoms with Crippen LogP contribution >= 0.6 is 0 Å². The number of hydrogen-bond acceptors (Lipinski definition) is 3. The molecule has 2 fully saturated rings. The normalized spacial score (nSPS) is 41.7. The average molecular weight is 141 g/mol. The van der Waals surface area contributed by atoms with Crippen LogP contribution in [0, 0.1) is 0 Å². The Morgan fingerprint density at radius 1 is 1.40 bits per heavy atom. The first-order chi connectivity index (χ1) is 4.88. The van der Waals surface area contributed by atoms with Crippen LogP contribution in [0.4, 0.5) is 0 Å². The molecule has 2 aliphatic heterocycles. The number of fused-ring (bicyclic) bond motifs is 1. The molecule has 58 valence electrons. The predicted octanol–water partition coefficient (Wildman–Crippen LogP) is -0.661. The van der Waals surface area contributed by atoms with E-state index < -0.39 is 0 Å². The molecule has 10 heavy (non-hydrogen) atoms. The van der Waals surface area contributed by atoms with Gasteiger partial charge >= 0.3 is 0 Å². The SMILES string of the molecule is N[C@@H]1CCN2CNCC[C@@H]12. The van der Waals surface area contributed by atoms with E-state index in [1.165, 1.54) is 19.4 Å². The maximum Gasteiger partial charge on any atom is 0.0483 e. The summed E-state index contributed by atoms with van der Waals surface area (Å²) in [6.07, 6.45) is 2.42. The number of nitrogens with zero attached hydrogens (tertiary/aromatic N) is 1. The molecular formula is C7H15N3. The summed E-state index contributed by atoms with van der Waals surface area (Å²) in [5.74, 6) is 0. The Balaban J connectivity index is 2.01. The fourth-order valence-electron chi connectivity index (χ4n) is 2.01. The molecule has 2 rings (SSSR count). The van der Waals surface area contributed by atoms with Crippen LogP contribution in [0.2, 0.25) is 0 Å². The molecule has 3 heteroatoms. The van der Waals surface area contributed by atoms with E-state index in [0.29, 0.717) is 12.1 Å². The number of nitrogens with two attached hydrogens (primary N) is 1. The Hall–Kier alpha value is -0.120. The molecule has 2 aliphatic rings. The van der Waals surface area contributed by atoms with E-state index in [1.54, 1.807) is 0 Å². The molecule has 0 aromatic carbocycles. The molecule has 0 unspecified atom stereocenters. The molecule has 0 radical (unpaired) electrons. The van der Waals surface area contributed by atoms with Crippen LogP contribution in [0.25, 0.3) is 0 Å². The van der Waals surface area contributed by atoms with Crippen molar-refractivity contribution in [2.75, 3.05) is 19.8 Å². The van der Waals surface area contributed by atoms with Crippen LogP contribution in [-0.4, -0.2) is 36.7 Å². The van der Waals surface area contributed by atoms with Gasteiger partial charge in [0, 0.05) is 25.3 Å². The maximum atomic E-state index is 5.92. The first-order valence-corrected chi connectivity index (χ1v) is 4.08. The van der Waals surface area contributed by atoms with Crippen LogP contribution in [0.3, 0.4) is 0 Å². The van der Waals surface area contributed by atoms with E-state index in [4.69, 9.17) is 5.73 Å². The molecular weight excluding hydrogens is 126 g/mol. The van der Waals surface area contributed by atoms with E-state index in [-0.39, 0.29) is 0 Å². The van der Waals surface area contributed by atoms with Gasteiger partial charge in [-0.25, -0.2) is 0 Å². The Labute approximate surface area is 61.6 Å². The summed E-state index contributed by atoms with van der Waals surface area (Å²) in [4.78, 5) is 2.45. The lowest BCUT2D eigenvalue weighted by molar-refractivity contribution is 0.179. The van der Waals surface area contributed by atoms with Gasteiger partial charge in [-0.2, -0.15) is 0 Å². The van der Waals surface area contributed by atoms with Crippen molar-refractivity contribution in [2.45, 2.75) is 24.9 Å². The van der Waals surface area contributed by atoms with Crippen LogP contribution < -0.4 is 11.1 Å². The molecule has 2 atom stereocenters. The van der Waals surface area contributed by atoms with Crippen LogP contribution in [-0.2, 0) is 0 Å². The minimum Gasteiger partial charge on any atom is -0.326 e. The Bertz CT molecular complexity index is 124. The minimum atomic E-state index is 0.446. The van der Waals surface area contributed by atoms with Crippen molar-refractivity contribution in [1.82, 2.24) is 10.2 Å². The third-order valence-electron chi connectivity index (χ3n) is 2.64. The van der Waals surface area contributed by atoms with Gasteiger partial charge in [0.15, 0.2) is 0 Å². The van der Waals surface area contributed by atoms with Gasteiger partial charge in [0.25, 0.3) is 0 Å². The second-order valence-electron chi connectivity index (χ2n) is 3.28. The fourth-order valence-corrected chi connectivity index (χ4v) is 2.01. The zero-order chi connectivity index (χ0) is 6.97. The highest BCUT2D eigenvalue weighted by molar-refractivity contribution is 4.91. The molecule has 2 heterocycles. The van der Waals surface area contributed by atoms with E-state index in [9.17, 15) is 0 Å². The van der Waals surface area contributed by atoms with Crippen molar-refractivity contribution in [3.05, 3.63) is 0 Å². The lowest BCUT2D eigenvalue weighted by Crippen LogP contribution is -2.49. The standard InChI is InChI=1S/C7H15N3/c8-6-2-4-10-5-9-3-1-7(6)10/h6-7,9H,1-5,8H2/t6-,7+/m1/s1. The average Bonchev–Trinajstić information content (AvgIpc) is 2.34. The zero-order valence-corrected chi connectivity index (χ0v) is 6.21. The summed E-state index contributed by atoms with van der Waals surface area (Å²) in [6.45, 7) is 3.39. The smallest absolute Gasteiger partial charge is 0.0483 e.